The SMILES string of the molecule is O=C(NCc1csc(C2CC2)n1)c1ccc2ccccc2c1. The molecule has 1 N–H and O–H groups in total. The summed E-state index contributed by atoms with van der Waals surface area (Å²) < 4.78 is 0. The highest BCUT2D eigenvalue weighted by Crippen LogP contribution is 2.41. The molecule has 1 aliphatic rings. The van der Waals surface area contributed by atoms with Gasteiger partial charge in [0, 0.05) is 16.9 Å². The smallest absolute Gasteiger partial charge is 0.251 e. The first-order valence-electron chi connectivity index (χ1n) is 7.51. The van der Waals surface area contributed by atoms with E-state index in [-0.39, 0.29) is 5.91 Å². The molecule has 1 aliphatic carbocycles. The van der Waals surface area contributed by atoms with Gasteiger partial charge in [-0.2, -0.15) is 0 Å². The Balaban J connectivity index is 1.45. The Morgan fingerprint density at radius 2 is 2.00 bits per heavy atom. The zero-order valence-corrected chi connectivity index (χ0v) is 12.9. The maximum Gasteiger partial charge on any atom is 0.251 e. The van der Waals surface area contributed by atoms with Gasteiger partial charge in [0.25, 0.3) is 5.91 Å². The van der Waals surface area contributed by atoms with Crippen LogP contribution < -0.4 is 5.32 Å². The number of hydrogen-bond donors (Lipinski definition) is 1. The summed E-state index contributed by atoms with van der Waals surface area (Å²) in [7, 11) is 0. The molecule has 0 saturated heterocycles. The molecule has 0 aliphatic heterocycles. The fourth-order valence-electron chi connectivity index (χ4n) is 2.53. The summed E-state index contributed by atoms with van der Waals surface area (Å²) in [6, 6.07) is 13.8. The molecule has 3 nitrogen and oxygen atoms in total. The fraction of sp³-hybridized carbons (Fsp3) is 0.222. The molecular weight excluding hydrogens is 292 g/mol. The van der Waals surface area contributed by atoms with E-state index in [1.165, 1.54) is 17.8 Å². The van der Waals surface area contributed by atoms with Gasteiger partial charge >= 0.3 is 0 Å². The van der Waals surface area contributed by atoms with Gasteiger partial charge in [-0.05, 0) is 35.7 Å². The molecule has 1 heterocycles. The second-order valence-corrected chi connectivity index (χ2v) is 6.59. The molecule has 1 amide bonds. The van der Waals surface area contributed by atoms with E-state index in [2.05, 4.69) is 10.3 Å². The molecule has 110 valence electrons. The van der Waals surface area contributed by atoms with E-state index in [4.69, 9.17) is 0 Å². The average molecular weight is 308 g/mol. The fourth-order valence-corrected chi connectivity index (χ4v) is 3.52. The largest absolute Gasteiger partial charge is 0.346 e. The first-order chi connectivity index (χ1) is 10.8. The van der Waals surface area contributed by atoms with Crippen molar-refractivity contribution in [2.24, 2.45) is 0 Å². The first-order valence-corrected chi connectivity index (χ1v) is 8.39. The lowest BCUT2D eigenvalue weighted by atomic mass is 10.1. The number of hydrogen-bond acceptors (Lipinski definition) is 3. The average Bonchev–Trinajstić information content (AvgIpc) is 3.31. The second kappa shape index (κ2) is 5.54. The minimum atomic E-state index is -0.0493. The van der Waals surface area contributed by atoms with Crippen molar-refractivity contribution >= 4 is 28.0 Å². The van der Waals surface area contributed by atoms with Crippen molar-refractivity contribution in [3.63, 3.8) is 0 Å². The van der Waals surface area contributed by atoms with E-state index in [0.29, 0.717) is 18.0 Å². The summed E-state index contributed by atoms with van der Waals surface area (Å²) in [6.45, 7) is 0.495. The molecule has 0 spiro atoms. The van der Waals surface area contributed by atoms with Crippen molar-refractivity contribution in [1.82, 2.24) is 10.3 Å². The standard InChI is InChI=1S/C18H16N2OS/c21-17(15-8-5-12-3-1-2-4-14(12)9-15)19-10-16-11-22-18(20-16)13-6-7-13/h1-5,8-9,11,13H,6-7,10H2,(H,19,21). The van der Waals surface area contributed by atoms with Gasteiger partial charge in [-0.25, -0.2) is 4.98 Å². The lowest BCUT2D eigenvalue weighted by molar-refractivity contribution is 0.0950. The van der Waals surface area contributed by atoms with Gasteiger partial charge in [-0.15, -0.1) is 11.3 Å². The van der Waals surface area contributed by atoms with Crippen LogP contribution in [0.4, 0.5) is 0 Å². The van der Waals surface area contributed by atoms with Crippen molar-refractivity contribution < 1.29 is 4.79 Å². The van der Waals surface area contributed by atoms with Crippen LogP contribution in [0.2, 0.25) is 0 Å². The van der Waals surface area contributed by atoms with E-state index >= 15 is 0 Å². The summed E-state index contributed by atoms with van der Waals surface area (Å²) in [5.41, 5.74) is 1.65. The third-order valence-corrected chi connectivity index (χ3v) is 4.99. The Morgan fingerprint density at radius 1 is 1.18 bits per heavy atom. The number of carbonyl (C=O) groups excluding carboxylic acids is 1. The monoisotopic (exact) mass is 308 g/mol. The molecule has 1 fully saturated rings. The van der Waals surface area contributed by atoms with Gasteiger partial charge in [-0.1, -0.05) is 30.3 Å². The molecule has 0 radical (unpaired) electrons. The number of thiazole rings is 1. The van der Waals surface area contributed by atoms with E-state index in [9.17, 15) is 4.79 Å². The molecule has 0 bridgehead atoms. The van der Waals surface area contributed by atoms with Crippen molar-refractivity contribution in [2.45, 2.75) is 25.3 Å². The molecule has 2 aromatic carbocycles. The van der Waals surface area contributed by atoms with Crippen LogP contribution in [0.3, 0.4) is 0 Å². The number of aromatic nitrogens is 1. The van der Waals surface area contributed by atoms with Crippen LogP contribution in [0.1, 0.15) is 39.8 Å². The Bertz CT molecular complexity index is 836. The molecule has 3 aromatic rings. The van der Waals surface area contributed by atoms with Crippen molar-refractivity contribution in [1.29, 1.82) is 0 Å². The zero-order valence-electron chi connectivity index (χ0n) is 12.1. The van der Waals surface area contributed by atoms with Crippen LogP contribution in [0.25, 0.3) is 10.8 Å². The van der Waals surface area contributed by atoms with E-state index in [0.717, 1.165) is 16.5 Å². The predicted molar refractivity (Wildman–Crippen MR) is 89.2 cm³/mol. The highest BCUT2D eigenvalue weighted by molar-refractivity contribution is 7.09. The summed E-state index contributed by atoms with van der Waals surface area (Å²) in [4.78, 5) is 16.9. The quantitative estimate of drug-likeness (QED) is 0.788. The van der Waals surface area contributed by atoms with Gasteiger partial charge in [0.15, 0.2) is 0 Å². The molecule has 22 heavy (non-hydrogen) atoms. The lowest BCUT2D eigenvalue weighted by Crippen LogP contribution is -2.22. The van der Waals surface area contributed by atoms with E-state index in [1.54, 1.807) is 11.3 Å². The van der Waals surface area contributed by atoms with Crippen LogP contribution in [0.15, 0.2) is 47.8 Å². The van der Waals surface area contributed by atoms with Crippen molar-refractivity contribution in [3.05, 3.63) is 64.1 Å². The maximum absolute atomic E-state index is 12.3. The van der Waals surface area contributed by atoms with Gasteiger partial charge < -0.3 is 5.32 Å². The Morgan fingerprint density at radius 3 is 2.82 bits per heavy atom. The number of benzene rings is 2. The number of amides is 1. The summed E-state index contributed by atoms with van der Waals surface area (Å²) in [5.74, 6) is 0.627. The van der Waals surface area contributed by atoms with Gasteiger partial charge in [0.2, 0.25) is 0 Å². The molecule has 1 saturated carbocycles. The Hall–Kier alpha value is -2.20. The molecule has 1 aromatic heterocycles. The Labute approximate surface area is 133 Å². The van der Waals surface area contributed by atoms with Crippen molar-refractivity contribution in [2.75, 3.05) is 0 Å². The normalized spacial score (nSPS) is 14.2. The van der Waals surface area contributed by atoms with Crippen LogP contribution in [-0.4, -0.2) is 10.9 Å². The van der Waals surface area contributed by atoms with Crippen molar-refractivity contribution in [3.8, 4) is 0 Å². The summed E-state index contributed by atoms with van der Waals surface area (Å²) in [5, 5.41) is 8.45. The number of nitrogens with zero attached hydrogens (tertiary/aromatic N) is 1. The molecule has 4 heteroatoms. The molecule has 0 atom stereocenters. The van der Waals surface area contributed by atoms with Gasteiger partial charge in [-0.3, -0.25) is 4.79 Å². The number of fused-ring (bicyclic) bond motifs is 1. The third kappa shape index (κ3) is 2.74. The first kappa shape index (κ1) is 13.5. The number of nitrogens with one attached hydrogen (secondary N) is 1. The van der Waals surface area contributed by atoms with Crippen LogP contribution >= 0.6 is 11.3 Å². The topological polar surface area (TPSA) is 42.0 Å². The lowest BCUT2D eigenvalue weighted by Gasteiger charge is -2.05. The zero-order chi connectivity index (χ0) is 14.9. The molecular formula is C18H16N2OS. The van der Waals surface area contributed by atoms with Gasteiger partial charge in [0.05, 0.1) is 17.2 Å². The third-order valence-electron chi connectivity index (χ3n) is 3.94. The van der Waals surface area contributed by atoms with E-state index < -0.39 is 0 Å². The Kier molecular flexibility index (Phi) is 3.39. The van der Waals surface area contributed by atoms with Crippen LogP contribution in [0.5, 0.6) is 0 Å². The van der Waals surface area contributed by atoms with Crippen LogP contribution in [0, 0.1) is 0 Å². The maximum atomic E-state index is 12.3. The minimum absolute atomic E-state index is 0.0493. The predicted octanol–water partition coefficient (Wildman–Crippen LogP) is 4.10. The van der Waals surface area contributed by atoms with E-state index in [1.807, 2.05) is 47.8 Å². The molecule has 4 rings (SSSR count). The summed E-state index contributed by atoms with van der Waals surface area (Å²) in [6.07, 6.45) is 2.52. The second-order valence-electron chi connectivity index (χ2n) is 5.70. The van der Waals surface area contributed by atoms with Gasteiger partial charge in [0.1, 0.15) is 0 Å². The van der Waals surface area contributed by atoms with Crippen LogP contribution in [-0.2, 0) is 6.54 Å². The summed E-state index contributed by atoms with van der Waals surface area (Å²) >= 11 is 1.71. The molecule has 0 unspecified atom stereocenters. The number of carbonyl (C=O) groups is 1. The number of rotatable bonds is 4. The minimum Gasteiger partial charge on any atom is -0.346 e. The highest BCUT2D eigenvalue weighted by Gasteiger charge is 2.26. The highest BCUT2D eigenvalue weighted by atomic mass is 32.1.